The number of para-hydroxylation sites is 2. The molecule has 0 saturated carbocycles. The first kappa shape index (κ1) is 24.8. The predicted molar refractivity (Wildman–Crippen MR) is 149 cm³/mol. The van der Waals surface area contributed by atoms with Gasteiger partial charge in [0.05, 0.1) is 52.9 Å². The average molecular weight is 519 g/mol. The monoisotopic (exact) mass is 518 g/mol. The number of thiazole rings is 1. The van der Waals surface area contributed by atoms with Crippen LogP contribution in [0.1, 0.15) is 29.7 Å². The molecule has 0 atom stereocenters. The van der Waals surface area contributed by atoms with Crippen molar-refractivity contribution in [3.05, 3.63) is 93.9 Å². The third kappa shape index (κ3) is 4.73. The van der Waals surface area contributed by atoms with E-state index in [2.05, 4.69) is 12.1 Å². The number of unbranched alkanes of at least 4 members (excludes halogenated alkanes) is 1. The molecule has 0 bridgehead atoms. The molecule has 38 heavy (non-hydrogen) atoms. The third-order valence-electron chi connectivity index (χ3n) is 6.02. The summed E-state index contributed by atoms with van der Waals surface area (Å²) in [6.45, 7) is 0.374. The highest BCUT2D eigenvalue weighted by molar-refractivity contribution is 7.23. The Kier molecular flexibility index (Phi) is 7.17. The second kappa shape index (κ2) is 11.0. The molecule has 0 amide bonds. The number of aromatic nitrogens is 2. The van der Waals surface area contributed by atoms with Crippen molar-refractivity contribution in [2.75, 3.05) is 13.7 Å². The Morgan fingerprint density at radius 2 is 1.84 bits per heavy atom. The van der Waals surface area contributed by atoms with E-state index in [4.69, 9.17) is 19.7 Å². The van der Waals surface area contributed by atoms with Crippen LogP contribution in [0.2, 0.25) is 0 Å². The topological polar surface area (TPSA) is 100 Å². The van der Waals surface area contributed by atoms with E-state index < -0.39 is 0 Å². The molecule has 0 aliphatic rings. The number of nitriles is 2. The molecule has 0 unspecified atom stereocenters. The zero-order chi connectivity index (χ0) is 26.5. The molecule has 0 saturated heterocycles. The minimum absolute atomic E-state index is 0.185. The van der Waals surface area contributed by atoms with E-state index >= 15 is 0 Å². The lowest BCUT2D eigenvalue weighted by atomic mass is 10.0. The minimum atomic E-state index is -0.185. The summed E-state index contributed by atoms with van der Waals surface area (Å²) in [4.78, 5) is 19.4. The summed E-state index contributed by atoms with van der Waals surface area (Å²) in [6, 6.07) is 24.4. The van der Waals surface area contributed by atoms with Gasteiger partial charge in [-0.1, -0.05) is 47.7 Å². The van der Waals surface area contributed by atoms with E-state index in [0.29, 0.717) is 58.3 Å². The van der Waals surface area contributed by atoms with Crippen molar-refractivity contribution < 1.29 is 9.47 Å². The summed E-state index contributed by atoms with van der Waals surface area (Å²) in [6.07, 6.45) is 4.65. The van der Waals surface area contributed by atoms with E-state index in [1.807, 2.05) is 48.5 Å². The van der Waals surface area contributed by atoms with Crippen LogP contribution in [-0.4, -0.2) is 23.1 Å². The summed E-state index contributed by atoms with van der Waals surface area (Å²) < 4.78 is 14.1. The van der Waals surface area contributed by atoms with E-state index in [1.165, 1.54) is 11.3 Å². The maximum absolute atomic E-state index is 13.9. The van der Waals surface area contributed by atoms with Crippen LogP contribution in [0.3, 0.4) is 0 Å². The summed E-state index contributed by atoms with van der Waals surface area (Å²) >= 11 is 1.45. The number of fused-ring (bicyclic) bond motifs is 3. The van der Waals surface area contributed by atoms with Crippen molar-refractivity contribution in [2.24, 2.45) is 0 Å². The Morgan fingerprint density at radius 1 is 1.03 bits per heavy atom. The molecule has 0 aliphatic heterocycles. The van der Waals surface area contributed by atoms with Crippen molar-refractivity contribution in [3.63, 3.8) is 0 Å². The van der Waals surface area contributed by atoms with Crippen LogP contribution in [0.15, 0.2) is 71.5 Å². The summed E-state index contributed by atoms with van der Waals surface area (Å²) in [7, 11) is 1.58. The maximum atomic E-state index is 13.9. The predicted octanol–water partition coefficient (Wildman–Crippen LogP) is 6.31. The Balaban J connectivity index is 1.67. The van der Waals surface area contributed by atoms with Crippen molar-refractivity contribution in [2.45, 2.75) is 12.8 Å². The van der Waals surface area contributed by atoms with Crippen LogP contribution in [0.5, 0.6) is 11.5 Å². The van der Waals surface area contributed by atoms with Gasteiger partial charge in [0.1, 0.15) is 0 Å². The molecule has 3 aromatic carbocycles. The second-order valence-electron chi connectivity index (χ2n) is 8.38. The quantitative estimate of drug-likeness (QED) is 0.223. The number of ether oxygens (including phenoxy) is 2. The smallest absolute Gasteiger partial charge is 0.267 e. The number of hydrogen-bond acceptors (Lipinski definition) is 7. The Morgan fingerprint density at radius 3 is 2.61 bits per heavy atom. The zero-order valence-electron chi connectivity index (χ0n) is 20.5. The maximum Gasteiger partial charge on any atom is 0.267 e. The molecule has 0 fully saturated rings. The van der Waals surface area contributed by atoms with Crippen LogP contribution in [0.25, 0.3) is 38.5 Å². The van der Waals surface area contributed by atoms with Crippen molar-refractivity contribution in [3.8, 4) is 34.8 Å². The zero-order valence-corrected chi connectivity index (χ0v) is 21.4. The highest BCUT2D eigenvalue weighted by Gasteiger charge is 2.17. The first-order chi connectivity index (χ1) is 18.6. The first-order valence-electron chi connectivity index (χ1n) is 11.9. The molecule has 0 aliphatic carbocycles. The number of nitrogens with zero attached hydrogens (tertiary/aromatic N) is 4. The fourth-order valence-corrected chi connectivity index (χ4v) is 5.23. The molecule has 2 aromatic heterocycles. The van der Waals surface area contributed by atoms with Crippen LogP contribution in [-0.2, 0) is 0 Å². The van der Waals surface area contributed by atoms with E-state index in [1.54, 1.807) is 41.9 Å². The fraction of sp³-hybridized carbons (Fsp3) is 0.133. The largest absolute Gasteiger partial charge is 0.493 e. The van der Waals surface area contributed by atoms with Gasteiger partial charge in [0.25, 0.3) is 5.56 Å². The third-order valence-corrected chi connectivity index (χ3v) is 7.04. The summed E-state index contributed by atoms with van der Waals surface area (Å²) in [5.41, 5.74) is 3.49. The molecule has 0 N–H and O–H groups in total. The van der Waals surface area contributed by atoms with Gasteiger partial charge in [-0.25, -0.2) is 4.98 Å². The number of hydrogen-bond donors (Lipinski definition) is 0. The molecular weight excluding hydrogens is 496 g/mol. The van der Waals surface area contributed by atoms with Crippen molar-refractivity contribution >= 4 is 38.7 Å². The number of rotatable bonds is 8. The molecular formula is C30H22N4O3S. The van der Waals surface area contributed by atoms with Crippen molar-refractivity contribution in [1.29, 1.82) is 10.5 Å². The highest BCUT2D eigenvalue weighted by Crippen LogP contribution is 2.34. The van der Waals surface area contributed by atoms with Gasteiger partial charge in [-0.15, -0.1) is 0 Å². The van der Waals surface area contributed by atoms with E-state index in [-0.39, 0.29) is 5.56 Å². The lowest BCUT2D eigenvalue weighted by Gasteiger charge is -2.13. The molecule has 186 valence electrons. The Hall–Kier alpha value is -4.92. The van der Waals surface area contributed by atoms with Gasteiger partial charge in [-0.3, -0.25) is 9.20 Å². The lowest BCUT2D eigenvalue weighted by molar-refractivity contribution is 0.290. The van der Waals surface area contributed by atoms with Crippen LogP contribution in [0.4, 0.5) is 0 Å². The number of methoxy groups -OCH3 is 1. The van der Waals surface area contributed by atoms with Crippen LogP contribution >= 0.6 is 11.3 Å². The highest BCUT2D eigenvalue weighted by atomic mass is 32.1. The van der Waals surface area contributed by atoms with Crippen LogP contribution < -0.4 is 15.0 Å². The normalized spacial score (nSPS) is 11.0. The molecule has 7 nitrogen and oxygen atoms in total. The minimum Gasteiger partial charge on any atom is -0.493 e. The summed E-state index contributed by atoms with van der Waals surface area (Å²) in [5, 5.41) is 18.1. The van der Waals surface area contributed by atoms with Gasteiger partial charge < -0.3 is 9.47 Å². The fourth-order valence-electron chi connectivity index (χ4n) is 4.20. The van der Waals surface area contributed by atoms with Gasteiger partial charge in [0, 0.05) is 12.0 Å². The standard InChI is InChI=1S/C30H22N4O3S/c1-36-25-9-6-7-22(28(25)37-18-5-4-17-31)15-16-23-27(21-13-11-20(19-32)12-14-21)29(35)34-24-8-2-3-10-26(24)38-30(34)33-23/h2-3,6-16H,4-5,18H2,1H3/b16-15+. The average Bonchev–Trinajstić information content (AvgIpc) is 3.33. The van der Waals surface area contributed by atoms with Gasteiger partial charge in [-0.05, 0) is 54.5 Å². The Labute approximate surface area is 223 Å². The van der Waals surface area contributed by atoms with E-state index in [0.717, 1.165) is 15.8 Å². The molecule has 0 radical (unpaired) electrons. The van der Waals surface area contributed by atoms with Crippen molar-refractivity contribution in [1.82, 2.24) is 9.38 Å². The summed E-state index contributed by atoms with van der Waals surface area (Å²) in [5.74, 6) is 1.13. The molecule has 8 heteroatoms. The van der Waals surface area contributed by atoms with E-state index in [9.17, 15) is 10.1 Å². The SMILES string of the molecule is COc1cccc(/C=C/c2nc3sc4ccccc4n3c(=O)c2-c2ccc(C#N)cc2)c1OCCCC#N. The Bertz CT molecular complexity index is 1800. The second-order valence-corrected chi connectivity index (χ2v) is 9.39. The van der Waals surface area contributed by atoms with Gasteiger partial charge >= 0.3 is 0 Å². The van der Waals surface area contributed by atoms with Crippen LogP contribution in [0, 0.1) is 22.7 Å². The lowest BCUT2D eigenvalue weighted by Crippen LogP contribution is -2.17. The van der Waals surface area contributed by atoms with Gasteiger partial charge in [0.2, 0.25) is 0 Å². The first-order valence-corrected chi connectivity index (χ1v) is 12.8. The molecule has 0 spiro atoms. The molecule has 5 rings (SSSR count). The van der Waals surface area contributed by atoms with Gasteiger partial charge in [0.15, 0.2) is 16.5 Å². The number of benzene rings is 3. The molecule has 5 aromatic rings. The van der Waals surface area contributed by atoms with Gasteiger partial charge in [-0.2, -0.15) is 10.5 Å². The molecule has 2 heterocycles.